The molecule has 1 aliphatic heterocycles. The zero-order valence-corrected chi connectivity index (χ0v) is 12.6. The highest BCUT2D eigenvalue weighted by atomic mass is 16.5. The number of para-hydroxylation sites is 1. The van der Waals surface area contributed by atoms with Crippen LogP contribution in [0.1, 0.15) is 28.7 Å². The van der Waals surface area contributed by atoms with Crippen molar-refractivity contribution >= 4 is 5.97 Å². The van der Waals surface area contributed by atoms with Crippen molar-refractivity contribution < 1.29 is 9.53 Å². The first-order chi connectivity index (χ1) is 11.3. The highest BCUT2D eigenvalue weighted by Gasteiger charge is 2.25. The first kappa shape index (κ1) is 13.6. The quantitative estimate of drug-likeness (QED) is 0.532. The summed E-state index contributed by atoms with van der Waals surface area (Å²) in [6.45, 7) is 2.09. The van der Waals surface area contributed by atoms with E-state index in [-0.39, 0.29) is 0 Å². The molecule has 0 aliphatic carbocycles. The predicted molar refractivity (Wildman–Crippen MR) is 83.4 cm³/mol. The SMILES string of the molecule is CCOC(=O)c1ncnc2c1Cc1cncn1-c1ccccc1-2. The van der Waals surface area contributed by atoms with Crippen molar-refractivity contribution in [1.82, 2.24) is 19.5 Å². The van der Waals surface area contributed by atoms with Crippen molar-refractivity contribution in [2.45, 2.75) is 13.3 Å². The van der Waals surface area contributed by atoms with Crippen LogP contribution in [0.2, 0.25) is 0 Å². The summed E-state index contributed by atoms with van der Waals surface area (Å²) >= 11 is 0. The fraction of sp³-hybridized carbons (Fsp3) is 0.176. The van der Waals surface area contributed by atoms with Gasteiger partial charge in [-0.2, -0.15) is 0 Å². The number of carbonyl (C=O) groups is 1. The minimum atomic E-state index is -0.420. The lowest BCUT2D eigenvalue weighted by molar-refractivity contribution is 0.0518. The number of esters is 1. The third kappa shape index (κ3) is 2.11. The van der Waals surface area contributed by atoms with Gasteiger partial charge in [0.1, 0.15) is 6.33 Å². The topological polar surface area (TPSA) is 69.9 Å². The Kier molecular flexibility index (Phi) is 3.15. The van der Waals surface area contributed by atoms with Gasteiger partial charge in [-0.1, -0.05) is 18.2 Å². The third-order valence-electron chi connectivity index (χ3n) is 3.91. The van der Waals surface area contributed by atoms with Gasteiger partial charge in [0.05, 0.1) is 24.3 Å². The van der Waals surface area contributed by atoms with Gasteiger partial charge in [0.15, 0.2) is 5.69 Å². The van der Waals surface area contributed by atoms with Crippen LogP contribution in [-0.2, 0) is 11.2 Å². The van der Waals surface area contributed by atoms with Gasteiger partial charge < -0.3 is 9.30 Å². The first-order valence-corrected chi connectivity index (χ1v) is 7.41. The van der Waals surface area contributed by atoms with Crippen molar-refractivity contribution in [1.29, 1.82) is 0 Å². The number of benzene rings is 1. The van der Waals surface area contributed by atoms with E-state index in [0.717, 1.165) is 28.2 Å². The van der Waals surface area contributed by atoms with Crippen LogP contribution in [0.5, 0.6) is 0 Å². The summed E-state index contributed by atoms with van der Waals surface area (Å²) in [5.41, 5.74) is 4.79. The highest BCUT2D eigenvalue weighted by molar-refractivity contribution is 5.92. The monoisotopic (exact) mass is 306 g/mol. The lowest BCUT2D eigenvalue weighted by atomic mass is 10.0. The molecule has 3 heterocycles. The second-order valence-electron chi connectivity index (χ2n) is 5.22. The second kappa shape index (κ2) is 5.31. The molecule has 0 unspecified atom stereocenters. The molecule has 6 heteroatoms. The summed E-state index contributed by atoms with van der Waals surface area (Å²) in [7, 11) is 0. The fourth-order valence-corrected chi connectivity index (χ4v) is 2.92. The van der Waals surface area contributed by atoms with Gasteiger partial charge in [0, 0.05) is 29.4 Å². The minimum absolute atomic E-state index is 0.312. The van der Waals surface area contributed by atoms with Crippen LogP contribution in [0.3, 0.4) is 0 Å². The number of ether oxygens (including phenoxy) is 1. The maximum absolute atomic E-state index is 12.3. The van der Waals surface area contributed by atoms with Crippen molar-refractivity contribution in [3.8, 4) is 16.9 Å². The zero-order valence-electron chi connectivity index (χ0n) is 12.6. The number of fused-ring (bicyclic) bond motifs is 5. The van der Waals surface area contributed by atoms with Crippen LogP contribution < -0.4 is 0 Å². The third-order valence-corrected chi connectivity index (χ3v) is 3.91. The lowest BCUT2D eigenvalue weighted by Crippen LogP contribution is -2.12. The highest BCUT2D eigenvalue weighted by Crippen LogP contribution is 2.34. The van der Waals surface area contributed by atoms with Gasteiger partial charge in [0.2, 0.25) is 0 Å². The summed E-state index contributed by atoms with van der Waals surface area (Å²) in [5.74, 6) is -0.420. The van der Waals surface area contributed by atoms with Crippen LogP contribution in [0.4, 0.5) is 0 Å². The summed E-state index contributed by atoms with van der Waals surface area (Å²) in [4.78, 5) is 25.1. The van der Waals surface area contributed by atoms with E-state index in [0.29, 0.717) is 18.7 Å². The molecule has 0 atom stereocenters. The van der Waals surface area contributed by atoms with E-state index in [1.54, 1.807) is 19.4 Å². The molecule has 3 aromatic rings. The van der Waals surface area contributed by atoms with E-state index in [1.807, 2.05) is 28.8 Å². The Balaban J connectivity index is 2.01. The summed E-state index contributed by atoms with van der Waals surface area (Å²) in [5, 5.41) is 0. The van der Waals surface area contributed by atoms with Crippen LogP contribution >= 0.6 is 0 Å². The van der Waals surface area contributed by atoms with E-state index in [9.17, 15) is 4.79 Å². The van der Waals surface area contributed by atoms with Gasteiger partial charge in [-0.05, 0) is 13.0 Å². The number of aromatic nitrogens is 4. The van der Waals surface area contributed by atoms with Crippen molar-refractivity contribution in [3.63, 3.8) is 0 Å². The lowest BCUT2D eigenvalue weighted by Gasteiger charge is -2.10. The van der Waals surface area contributed by atoms with E-state index >= 15 is 0 Å². The maximum atomic E-state index is 12.3. The van der Waals surface area contributed by atoms with Crippen molar-refractivity contribution in [2.24, 2.45) is 0 Å². The minimum Gasteiger partial charge on any atom is -0.461 e. The molecule has 2 aromatic heterocycles. The van der Waals surface area contributed by atoms with Gasteiger partial charge in [-0.3, -0.25) is 0 Å². The molecule has 0 fully saturated rings. The molecule has 6 nitrogen and oxygen atoms in total. The van der Waals surface area contributed by atoms with Gasteiger partial charge in [-0.15, -0.1) is 0 Å². The smallest absolute Gasteiger partial charge is 0.357 e. The van der Waals surface area contributed by atoms with Crippen LogP contribution in [0, 0.1) is 0 Å². The van der Waals surface area contributed by atoms with E-state index in [2.05, 4.69) is 15.0 Å². The van der Waals surface area contributed by atoms with Crippen molar-refractivity contribution in [3.05, 3.63) is 60.1 Å². The number of hydrogen-bond acceptors (Lipinski definition) is 5. The molecule has 0 N–H and O–H groups in total. The number of carbonyl (C=O) groups excluding carboxylic acids is 1. The number of imidazole rings is 1. The predicted octanol–water partition coefficient (Wildman–Crippen LogP) is 2.41. The molecular weight excluding hydrogens is 292 g/mol. The summed E-state index contributed by atoms with van der Waals surface area (Å²) < 4.78 is 7.16. The molecule has 0 radical (unpaired) electrons. The Bertz CT molecular complexity index is 901. The Hall–Kier alpha value is -3.02. The fourth-order valence-electron chi connectivity index (χ4n) is 2.92. The Morgan fingerprint density at radius 1 is 1.30 bits per heavy atom. The molecule has 4 rings (SSSR count). The van der Waals surface area contributed by atoms with E-state index in [1.165, 1.54) is 6.33 Å². The maximum Gasteiger partial charge on any atom is 0.357 e. The summed E-state index contributed by atoms with van der Waals surface area (Å²) in [6, 6.07) is 7.94. The Labute approximate surface area is 132 Å². The molecule has 23 heavy (non-hydrogen) atoms. The number of nitrogens with zero attached hydrogens (tertiary/aromatic N) is 4. The standard InChI is InChI=1S/C17H14N4O2/c1-2-23-17(22)16-13-7-11-8-18-10-21(11)14-6-4-3-5-12(14)15(13)19-9-20-16/h3-6,8-10H,2,7H2,1H3. The van der Waals surface area contributed by atoms with Gasteiger partial charge in [-0.25, -0.2) is 19.7 Å². The molecule has 114 valence electrons. The normalized spacial score (nSPS) is 11.9. The van der Waals surface area contributed by atoms with Gasteiger partial charge in [0.25, 0.3) is 0 Å². The van der Waals surface area contributed by atoms with Crippen LogP contribution in [-0.4, -0.2) is 32.1 Å². The van der Waals surface area contributed by atoms with Crippen LogP contribution in [0.15, 0.2) is 43.1 Å². The largest absolute Gasteiger partial charge is 0.461 e. The Morgan fingerprint density at radius 2 is 2.17 bits per heavy atom. The molecule has 0 bridgehead atoms. The van der Waals surface area contributed by atoms with E-state index in [4.69, 9.17) is 4.74 Å². The zero-order chi connectivity index (χ0) is 15.8. The molecule has 0 amide bonds. The van der Waals surface area contributed by atoms with Crippen LogP contribution in [0.25, 0.3) is 16.9 Å². The molecule has 0 saturated heterocycles. The summed E-state index contributed by atoms with van der Waals surface area (Å²) in [6.07, 6.45) is 5.52. The number of rotatable bonds is 2. The van der Waals surface area contributed by atoms with Crippen molar-refractivity contribution in [2.75, 3.05) is 6.61 Å². The second-order valence-corrected chi connectivity index (χ2v) is 5.22. The molecule has 1 aliphatic rings. The molecule has 0 saturated carbocycles. The molecular formula is C17H14N4O2. The average Bonchev–Trinajstić information content (AvgIpc) is 2.98. The van der Waals surface area contributed by atoms with E-state index < -0.39 is 5.97 Å². The molecule has 1 aromatic carbocycles. The Morgan fingerprint density at radius 3 is 3.04 bits per heavy atom. The van der Waals surface area contributed by atoms with Gasteiger partial charge >= 0.3 is 5.97 Å². The average molecular weight is 306 g/mol. The first-order valence-electron chi connectivity index (χ1n) is 7.41. The molecule has 0 spiro atoms. The number of hydrogen-bond donors (Lipinski definition) is 0.